The molecular formula is C17H16Cl2N4OS. The molecule has 0 aliphatic heterocycles. The quantitative estimate of drug-likeness (QED) is 0.585. The standard InChI is InChI=1S/C17H16Cl2N4OS/c1-11-21-22-17(25)23(11)20-9-13-7-14(18)16(15(19)8-13)24-10-12-5-3-2-4-6-12/h2-8,20H,9-10H2,1H3,(H,22,25). The molecule has 0 bridgehead atoms. The Hall–Kier alpha value is -2.02. The molecule has 1 aromatic heterocycles. The topological polar surface area (TPSA) is 54.9 Å². The average molecular weight is 395 g/mol. The molecule has 3 aromatic rings. The maximum atomic E-state index is 6.34. The summed E-state index contributed by atoms with van der Waals surface area (Å²) in [5.41, 5.74) is 5.12. The summed E-state index contributed by atoms with van der Waals surface area (Å²) in [6.45, 7) is 2.74. The minimum absolute atomic E-state index is 0.404. The van der Waals surface area contributed by atoms with Crippen molar-refractivity contribution in [2.75, 3.05) is 5.43 Å². The molecule has 0 fully saturated rings. The van der Waals surface area contributed by atoms with Crippen molar-refractivity contribution in [1.82, 2.24) is 14.9 Å². The highest BCUT2D eigenvalue weighted by Gasteiger charge is 2.11. The maximum absolute atomic E-state index is 6.34. The van der Waals surface area contributed by atoms with Crippen molar-refractivity contribution in [1.29, 1.82) is 0 Å². The normalized spacial score (nSPS) is 10.7. The number of rotatable bonds is 6. The second-order valence-corrected chi connectivity index (χ2v) is 6.61. The molecule has 0 unspecified atom stereocenters. The number of hydrogen-bond donors (Lipinski definition) is 2. The Labute approximate surface area is 160 Å². The molecule has 0 atom stereocenters. The van der Waals surface area contributed by atoms with E-state index in [-0.39, 0.29) is 0 Å². The Balaban J connectivity index is 1.70. The van der Waals surface area contributed by atoms with Crippen molar-refractivity contribution >= 4 is 35.4 Å². The molecule has 130 valence electrons. The fraction of sp³-hybridized carbons (Fsp3) is 0.176. The zero-order chi connectivity index (χ0) is 17.8. The molecular weight excluding hydrogens is 379 g/mol. The van der Waals surface area contributed by atoms with Gasteiger partial charge in [-0.25, -0.2) is 4.68 Å². The van der Waals surface area contributed by atoms with Crippen LogP contribution < -0.4 is 10.2 Å². The molecule has 3 rings (SSSR count). The number of H-pyrrole nitrogens is 1. The first kappa shape index (κ1) is 17.8. The Bertz CT molecular complexity index is 901. The van der Waals surface area contributed by atoms with Crippen LogP contribution in [0.15, 0.2) is 42.5 Å². The molecule has 0 amide bonds. The monoisotopic (exact) mass is 394 g/mol. The summed E-state index contributed by atoms with van der Waals surface area (Å²) in [7, 11) is 0. The van der Waals surface area contributed by atoms with Gasteiger partial charge in [-0.15, -0.1) is 0 Å². The molecule has 0 aliphatic rings. The molecule has 8 heteroatoms. The minimum atomic E-state index is 0.404. The minimum Gasteiger partial charge on any atom is -0.486 e. The van der Waals surface area contributed by atoms with Crippen molar-refractivity contribution < 1.29 is 4.74 Å². The zero-order valence-corrected chi connectivity index (χ0v) is 15.8. The van der Waals surface area contributed by atoms with Gasteiger partial charge in [-0.3, -0.25) is 5.10 Å². The van der Waals surface area contributed by atoms with E-state index in [2.05, 4.69) is 15.6 Å². The van der Waals surface area contributed by atoms with Crippen LogP contribution in [-0.2, 0) is 13.2 Å². The lowest BCUT2D eigenvalue weighted by atomic mass is 10.2. The lowest BCUT2D eigenvalue weighted by Crippen LogP contribution is -2.16. The van der Waals surface area contributed by atoms with Gasteiger partial charge in [0.15, 0.2) is 5.75 Å². The second-order valence-electron chi connectivity index (χ2n) is 5.41. The zero-order valence-electron chi connectivity index (χ0n) is 13.4. The van der Waals surface area contributed by atoms with E-state index in [1.165, 1.54) is 0 Å². The summed E-state index contributed by atoms with van der Waals surface area (Å²) in [4.78, 5) is 0. The van der Waals surface area contributed by atoms with E-state index in [9.17, 15) is 0 Å². The molecule has 5 nitrogen and oxygen atoms in total. The highest BCUT2D eigenvalue weighted by atomic mass is 35.5. The van der Waals surface area contributed by atoms with E-state index in [1.54, 1.807) is 4.68 Å². The van der Waals surface area contributed by atoms with Crippen molar-refractivity contribution in [3.05, 3.63) is 74.2 Å². The van der Waals surface area contributed by atoms with Gasteiger partial charge in [-0.05, 0) is 42.4 Å². The Kier molecular flexibility index (Phi) is 5.63. The van der Waals surface area contributed by atoms with Crippen LogP contribution in [-0.4, -0.2) is 14.9 Å². The Morgan fingerprint density at radius 2 is 1.84 bits per heavy atom. The van der Waals surface area contributed by atoms with E-state index in [0.29, 0.717) is 33.7 Å². The molecule has 2 aromatic carbocycles. The van der Waals surface area contributed by atoms with Gasteiger partial charge in [0.1, 0.15) is 12.4 Å². The third-order valence-corrected chi connectivity index (χ3v) is 4.40. The largest absolute Gasteiger partial charge is 0.486 e. The summed E-state index contributed by atoms with van der Waals surface area (Å²) in [5, 5.41) is 7.69. The number of nitrogens with zero attached hydrogens (tertiary/aromatic N) is 2. The lowest BCUT2D eigenvalue weighted by Gasteiger charge is -2.13. The van der Waals surface area contributed by atoms with Gasteiger partial charge in [0.2, 0.25) is 4.77 Å². The highest BCUT2D eigenvalue weighted by molar-refractivity contribution is 7.71. The van der Waals surface area contributed by atoms with Crippen LogP contribution in [0.2, 0.25) is 10.0 Å². The van der Waals surface area contributed by atoms with Crippen molar-refractivity contribution in [3.63, 3.8) is 0 Å². The predicted molar refractivity (Wildman–Crippen MR) is 102 cm³/mol. The summed E-state index contributed by atoms with van der Waals surface area (Å²) in [6.07, 6.45) is 0. The van der Waals surface area contributed by atoms with E-state index in [4.69, 9.17) is 40.2 Å². The Morgan fingerprint density at radius 3 is 2.44 bits per heavy atom. The first-order valence-corrected chi connectivity index (χ1v) is 8.73. The lowest BCUT2D eigenvalue weighted by molar-refractivity contribution is 0.306. The fourth-order valence-corrected chi connectivity index (χ4v) is 3.20. The van der Waals surface area contributed by atoms with Gasteiger partial charge in [-0.2, -0.15) is 5.10 Å². The fourth-order valence-electron chi connectivity index (χ4n) is 2.31. The van der Waals surface area contributed by atoms with Gasteiger partial charge >= 0.3 is 0 Å². The summed E-state index contributed by atoms with van der Waals surface area (Å²) >= 11 is 17.8. The van der Waals surface area contributed by atoms with Gasteiger partial charge in [-0.1, -0.05) is 53.5 Å². The van der Waals surface area contributed by atoms with Gasteiger partial charge in [0.25, 0.3) is 0 Å². The molecule has 0 spiro atoms. The number of nitrogens with one attached hydrogen (secondary N) is 2. The number of benzene rings is 2. The van der Waals surface area contributed by atoms with Gasteiger partial charge < -0.3 is 10.2 Å². The maximum Gasteiger partial charge on any atom is 0.214 e. The van der Waals surface area contributed by atoms with Gasteiger partial charge in [0, 0.05) is 0 Å². The van der Waals surface area contributed by atoms with E-state index in [1.807, 2.05) is 49.4 Å². The van der Waals surface area contributed by atoms with Crippen LogP contribution >= 0.6 is 35.4 Å². The van der Waals surface area contributed by atoms with E-state index < -0.39 is 0 Å². The van der Waals surface area contributed by atoms with Crippen LogP contribution in [0.4, 0.5) is 0 Å². The number of aryl methyl sites for hydroxylation is 1. The van der Waals surface area contributed by atoms with Crippen LogP contribution in [0.25, 0.3) is 0 Å². The SMILES string of the molecule is Cc1n[nH]c(=S)n1NCc1cc(Cl)c(OCc2ccccc2)c(Cl)c1. The van der Waals surface area contributed by atoms with Crippen molar-refractivity contribution in [2.24, 2.45) is 0 Å². The highest BCUT2D eigenvalue weighted by Crippen LogP contribution is 2.34. The molecule has 0 aliphatic carbocycles. The van der Waals surface area contributed by atoms with Crippen molar-refractivity contribution in [3.8, 4) is 5.75 Å². The molecule has 0 radical (unpaired) electrons. The van der Waals surface area contributed by atoms with Crippen LogP contribution in [0.3, 0.4) is 0 Å². The first-order valence-electron chi connectivity index (χ1n) is 7.57. The number of hydrogen-bond acceptors (Lipinski definition) is 4. The second kappa shape index (κ2) is 7.91. The number of aromatic amines is 1. The molecule has 25 heavy (non-hydrogen) atoms. The summed E-state index contributed by atoms with van der Waals surface area (Å²) < 4.78 is 7.97. The predicted octanol–water partition coefficient (Wildman–Crippen LogP) is 4.88. The number of aromatic nitrogens is 3. The van der Waals surface area contributed by atoms with Crippen LogP contribution in [0.1, 0.15) is 17.0 Å². The Morgan fingerprint density at radius 1 is 1.16 bits per heavy atom. The average Bonchev–Trinajstić information content (AvgIpc) is 2.91. The molecule has 0 saturated carbocycles. The molecule has 2 N–H and O–H groups in total. The first-order chi connectivity index (χ1) is 12.0. The van der Waals surface area contributed by atoms with Crippen molar-refractivity contribution in [2.45, 2.75) is 20.1 Å². The third-order valence-electron chi connectivity index (χ3n) is 3.57. The van der Waals surface area contributed by atoms with Crippen LogP contribution in [0.5, 0.6) is 5.75 Å². The smallest absolute Gasteiger partial charge is 0.214 e. The molecule has 0 saturated heterocycles. The number of ether oxygens (including phenoxy) is 1. The number of halogens is 2. The summed E-state index contributed by atoms with van der Waals surface area (Å²) in [5.74, 6) is 1.22. The third kappa shape index (κ3) is 4.34. The van der Waals surface area contributed by atoms with Gasteiger partial charge in [0.05, 0.1) is 16.6 Å². The van der Waals surface area contributed by atoms with E-state index in [0.717, 1.165) is 17.0 Å². The summed E-state index contributed by atoms with van der Waals surface area (Å²) in [6, 6.07) is 13.5. The van der Waals surface area contributed by atoms with E-state index >= 15 is 0 Å². The van der Waals surface area contributed by atoms with Crippen LogP contribution in [0, 0.1) is 11.7 Å². The molecule has 1 heterocycles.